The van der Waals surface area contributed by atoms with Crippen LogP contribution in [0.3, 0.4) is 0 Å². The summed E-state index contributed by atoms with van der Waals surface area (Å²) in [6.07, 6.45) is 0. The van der Waals surface area contributed by atoms with Gasteiger partial charge in [0.2, 0.25) is 0 Å². The van der Waals surface area contributed by atoms with E-state index < -0.39 is 5.82 Å². The van der Waals surface area contributed by atoms with E-state index in [1.54, 1.807) is 26.0 Å². The average Bonchev–Trinajstić information content (AvgIpc) is 2.44. The summed E-state index contributed by atoms with van der Waals surface area (Å²) in [5.74, 6) is -0.794. The van der Waals surface area contributed by atoms with E-state index in [1.165, 1.54) is 6.07 Å². The molecule has 0 bridgehead atoms. The first kappa shape index (κ1) is 16.7. The van der Waals surface area contributed by atoms with Gasteiger partial charge in [0.05, 0.1) is 0 Å². The molecule has 0 aromatic heterocycles. The number of aryl methyl sites for hydroxylation is 1. The molecule has 0 saturated carbocycles. The molecule has 0 fully saturated rings. The minimum atomic E-state index is -0.417. The van der Waals surface area contributed by atoms with Gasteiger partial charge in [-0.15, -0.1) is 0 Å². The fraction of sp³-hybridized carbons (Fsp3) is 0.333. The molecule has 0 spiro atoms. The van der Waals surface area contributed by atoms with Crippen molar-refractivity contribution in [2.24, 2.45) is 0 Å². The van der Waals surface area contributed by atoms with Gasteiger partial charge in [-0.05, 0) is 31.5 Å². The first-order chi connectivity index (χ1) is 9.90. The summed E-state index contributed by atoms with van der Waals surface area (Å²) in [6, 6.07) is 3.97. The van der Waals surface area contributed by atoms with E-state index in [9.17, 15) is 14.0 Å². The Kier molecular flexibility index (Phi) is 6.39. The van der Waals surface area contributed by atoms with Gasteiger partial charge >= 0.3 is 6.03 Å². The van der Waals surface area contributed by atoms with Gasteiger partial charge in [-0.2, -0.15) is 0 Å². The van der Waals surface area contributed by atoms with Crippen molar-refractivity contribution < 1.29 is 14.0 Å². The van der Waals surface area contributed by atoms with Crippen molar-refractivity contribution in [2.75, 3.05) is 19.6 Å². The van der Waals surface area contributed by atoms with Crippen molar-refractivity contribution in [3.63, 3.8) is 0 Å². The Morgan fingerprint density at radius 3 is 2.48 bits per heavy atom. The molecule has 0 radical (unpaired) electrons. The van der Waals surface area contributed by atoms with Gasteiger partial charge in [-0.3, -0.25) is 4.79 Å². The predicted octanol–water partition coefficient (Wildman–Crippen LogP) is 1.74. The van der Waals surface area contributed by atoms with Crippen molar-refractivity contribution >= 4 is 11.9 Å². The first-order valence-electron chi connectivity index (χ1n) is 6.60. The Hall–Kier alpha value is -2.37. The van der Waals surface area contributed by atoms with Crippen LogP contribution in [-0.4, -0.2) is 31.6 Å². The molecule has 0 saturated heterocycles. The van der Waals surface area contributed by atoms with Crippen molar-refractivity contribution in [1.82, 2.24) is 16.0 Å². The third-order valence-corrected chi connectivity index (χ3v) is 2.68. The lowest BCUT2D eigenvalue weighted by Crippen LogP contribution is -2.40. The standard InChI is InChI=1S/C15H20FN3O2/c1-10(2)9-19-15(21)18-7-6-17-14(20)12-5-4-11(3)13(16)8-12/h4-5,8H,1,6-7,9H2,2-3H3,(H,17,20)(H2,18,19,21). The lowest BCUT2D eigenvalue weighted by atomic mass is 10.1. The topological polar surface area (TPSA) is 70.2 Å². The Balaban J connectivity index is 2.29. The molecule has 6 heteroatoms. The predicted molar refractivity (Wildman–Crippen MR) is 79.7 cm³/mol. The molecular weight excluding hydrogens is 273 g/mol. The number of urea groups is 1. The molecule has 1 aromatic carbocycles. The van der Waals surface area contributed by atoms with Gasteiger partial charge < -0.3 is 16.0 Å². The maximum atomic E-state index is 13.3. The molecule has 21 heavy (non-hydrogen) atoms. The lowest BCUT2D eigenvalue weighted by molar-refractivity contribution is 0.0953. The largest absolute Gasteiger partial charge is 0.350 e. The van der Waals surface area contributed by atoms with Crippen LogP contribution in [0.5, 0.6) is 0 Å². The molecule has 3 amide bonds. The smallest absolute Gasteiger partial charge is 0.315 e. The Bertz CT molecular complexity index is 544. The Labute approximate surface area is 123 Å². The number of hydrogen-bond donors (Lipinski definition) is 3. The van der Waals surface area contributed by atoms with Crippen molar-refractivity contribution in [3.05, 3.63) is 47.3 Å². The zero-order chi connectivity index (χ0) is 15.8. The van der Waals surface area contributed by atoms with Crippen LogP contribution in [-0.2, 0) is 0 Å². The van der Waals surface area contributed by atoms with Gasteiger partial charge in [0, 0.05) is 25.2 Å². The molecule has 1 aromatic rings. The first-order valence-corrected chi connectivity index (χ1v) is 6.60. The third kappa shape index (κ3) is 6.07. The maximum absolute atomic E-state index is 13.3. The van der Waals surface area contributed by atoms with E-state index in [-0.39, 0.29) is 30.6 Å². The fourth-order valence-corrected chi connectivity index (χ4v) is 1.48. The highest BCUT2D eigenvalue weighted by molar-refractivity contribution is 5.94. The van der Waals surface area contributed by atoms with Crippen LogP contribution in [0.1, 0.15) is 22.8 Å². The minimum absolute atomic E-state index is 0.254. The molecular formula is C15H20FN3O2. The summed E-state index contributed by atoms with van der Waals surface area (Å²) in [5, 5.41) is 7.79. The summed E-state index contributed by atoms with van der Waals surface area (Å²) in [5.41, 5.74) is 1.59. The van der Waals surface area contributed by atoms with E-state index in [1.807, 2.05) is 0 Å². The lowest BCUT2D eigenvalue weighted by Gasteiger charge is -2.09. The number of carbonyl (C=O) groups is 2. The Morgan fingerprint density at radius 2 is 1.86 bits per heavy atom. The van der Waals surface area contributed by atoms with Gasteiger partial charge in [0.1, 0.15) is 5.82 Å². The second kappa shape index (κ2) is 8.04. The van der Waals surface area contributed by atoms with Gasteiger partial charge in [0.25, 0.3) is 5.91 Å². The quantitative estimate of drug-likeness (QED) is 0.552. The number of halogens is 1. The summed E-state index contributed by atoms with van der Waals surface area (Å²) >= 11 is 0. The molecule has 0 aliphatic heterocycles. The highest BCUT2D eigenvalue weighted by Gasteiger charge is 2.07. The van der Waals surface area contributed by atoms with Gasteiger partial charge in [-0.25, -0.2) is 9.18 Å². The number of amides is 3. The normalized spacial score (nSPS) is 9.86. The molecule has 0 aliphatic carbocycles. The zero-order valence-electron chi connectivity index (χ0n) is 12.3. The molecule has 3 N–H and O–H groups in total. The van der Waals surface area contributed by atoms with E-state index in [0.29, 0.717) is 12.1 Å². The van der Waals surface area contributed by atoms with Gasteiger partial charge in [-0.1, -0.05) is 18.2 Å². The third-order valence-electron chi connectivity index (χ3n) is 2.68. The molecule has 114 valence electrons. The van der Waals surface area contributed by atoms with E-state index in [0.717, 1.165) is 5.57 Å². The highest BCUT2D eigenvalue weighted by Crippen LogP contribution is 2.08. The van der Waals surface area contributed by atoms with E-state index in [4.69, 9.17) is 0 Å². The van der Waals surface area contributed by atoms with Crippen LogP contribution < -0.4 is 16.0 Å². The highest BCUT2D eigenvalue weighted by atomic mass is 19.1. The molecule has 5 nitrogen and oxygen atoms in total. The second-order valence-electron chi connectivity index (χ2n) is 4.79. The second-order valence-corrected chi connectivity index (χ2v) is 4.79. The SMILES string of the molecule is C=C(C)CNC(=O)NCCNC(=O)c1ccc(C)c(F)c1. The number of benzene rings is 1. The monoisotopic (exact) mass is 293 g/mol. The van der Waals surface area contributed by atoms with Crippen LogP contribution in [0.15, 0.2) is 30.4 Å². The summed E-state index contributed by atoms with van der Waals surface area (Å²) in [6.45, 7) is 8.04. The van der Waals surface area contributed by atoms with Crippen LogP contribution in [0.2, 0.25) is 0 Å². The van der Waals surface area contributed by atoms with Gasteiger partial charge in [0.15, 0.2) is 0 Å². The summed E-state index contributed by atoms with van der Waals surface area (Å²) < 4.78 is 13.3. The molecule has 0 heterocycles. The number of hydrogen-bond acceptors (Lipinski definition) is 2. The number of carbonyl (C=O) groups excluding carboxylic acids is 2. The van der Waals surface area contributed by atoms with Crippen LogP contribution in [0.25, 0.3) is 0 Å². The molecule has 0 unspecified atom stereocenters. The molecule has 0 aliphatic rings. The fourth-order valence-electron chi connectivity index (χ4n) is 1.48. The minimum Gasteiger partial charge on any atom is -0.350 e. The number of nitrogens with one attached hydrogen (secondary N) is 3. The Morgan fingerprint density at radius 1 is 1.19 bits per heavy atom. The van der Waals surface area contributed by atoms with Crippen molar-refractivity contribution in [3.8, 4) is 0 Å². The van der Waals surface area contributed by atoms with Crippen molar-refractivity contribution in [1.29, 1.82) is 0 Å². The van der Waals surface area contributed by atoms with Crippen molar-refractivity contribution in [2.45, 2.75) is 13.8 Å². The van der Waals surface area contributed by atoms with Crippen LogP contribution in [0.4, 0.5) is 9.18 Å². The van der Waals surface area contributed by atoms with Crippen LogP contribution in [0, 0.1) is 12.7 Å². The maximum Gasteiger partial charge on any atom is 0.315 e. The molecule has 1 rings (SSSR count). The average molecular weight is 293 g/mol. The summed E-state index contributed by atoms with van der Waals surface area (Å²) in [4.78, 5) is 23.1. The summed E-state index contributed by atoms with van der Waals surface area (Å²) in [7, 11) is 0. The van der Waals surface area contributed by atoms with Crippen LogP contribution >= 0.6 is 0 Å². The van der Waals surface area contributed by atoms with E-state index in [2.05, 4.69) is 22.5 Å². The zero-order valence-corrected chi connectivity index (χ0v) is 12.3. The van der Waals surface area contributed by atoms with E-state index >= 15 is 0 Å². The number of rotatable bonds is 6. The molecule has 0 atom stereocenters.